The first-order chi connectivity index (χ1) is 10.4. The number of phenols is 1. The topological polar surface area (TPSA) is 129 Å². The van der Waals surface area contributed by atoms with Crippen molar-refractivity contribution in [3.63, 3.8) is 0 Å². The van der Waals surface area contributed by atoms with Gasteiger partial charge >= 0.3 is 0 Å². The Morgan fingerprint density at radius 3 is 2.59 bits per heavy atom. The van der Waals surface area contributed by atoms with E-state index in [4.69, 9.17) is 10.00 Å². The zero-order valence-corrected chi connectivity index (χ0v) is 11.7. The molecule has 0 aliphatic rings. The molecular weight excluding hydrogens is 290 g/mol. The van der Waals surface area contributed by atoms with Crippen LogP contribution in [0, 0.1) is 28.4 Å². The number of ether oxygens (including phenoxy) is 1. The van der Waals surface area contributed by atoms with Crippen LogP contribution in [0.5, 0.6) is 11.5 Å². The fourth-order valence-corrected chi connectivity index (χ4v) is 2.07. The number of benzene rings is 1. The summed E-state index contributed by atoms with van der Waals surface area (Å²) < 4.78 is 4.91. The molecule has 1 aromatic heterocycles. The Kier molecular flexibility index (Phi) is 3.81. The summed E-state index contributed by atoms with van der Waals surface area (Å²) in [6.07, 6.45) is 0. The van der Waals surface area contributed by atoms with Gasteiger partial charge in [-0.3, -0.25) is 14.9 Å². The van der Waals surface area contributed by atoms with Crippen molar-refractivity contribution in [2.75, 3.05) is 7.11 Å². The van der Waals surface area contributed by atoms with E-state index in [2.05, 4.69) is 4.98 Å². The molecule has 0 unspecified atom stereocenters. The van der Waals surface area contributed by atoms with Crippen LogP contribution < -0.4 is 10.3 Å². The maximum atomic E-state index is 11.8. The maximum absolute atomic E-state index is 11.8. The van der Waals surface area contributed by atoms with Gasteiger partial charge in [-0.05, 0) is 13.0 Å². The van der Waals surface area contributed by atoms with E-state index in [0.29, 0.717) is 5.69 Å². The molecule has 1 heterocycles. The number of hydrogen-bond acceptors (Lipinski definition) is 6. The van der Waals surface area contributed by atoms with Crippen LogP contribution in [0.25, 0.3) is 11.1 Å². The van der Waals surface area contributed by atoms with Crippen molar-refractivity contribution in [1.29, 1.82) is 5.26 Å². The molecular formula is C14H11N3O5. The minimum absolute atomic E-state index is 0.0169. The molecule has 112 valence electrons. The lowest BCUT2D eigenvalue weighted by Gasteiger charge is -2.11. The average molecular weight is 301 g/mol. The third-order valence-electron chi connectivity index (χ3n) is 3.06. The number of methoxy groups -OCH3 is 1. The number of nitrogens with one attached hydrogen (secondary N) is 1. The number of aromatic nitrogens is 1. The first-order valence-corrected chi connectivity index (χ1v) is 6.08. The van der Waals surface area contributed by atoms with Crippen molar-refractivity contribution in [3.05, 3.63) is 49.9 Å². The molecule has 0 aliphatic heterocycles. The summed E-state index contributed by atoms with van der Waals surface area (Å²) in [6.45, 7) is 1.59. The van der Waals surface area contributed by atoms with Crippen LogP contribution in [-0.4, -0.2) is 22.1 Å². The van der Waals surface area contributed by atoms with Crippen LogP contribution in [-0.2, 0) is 0 Å². The van der Waals surface area contributed by atoms with Gasteiger partial charge in [-0.2, -0.15) is 5.26 Å². The predicted octanol–water partition coefficient (Wildman–Crippen LogP) is 1.84. The highest BCUT2D eigenvalue weighted by Crippen LogP contribution is 2.41. The fourth-order valence-electron chi connectivity index (χ4n) is 2.07. The van der Waals surface area contributed by atoms with Gasteiger partial charge in [0.15, 0.2) is 11.5 Å². The lowest BCUT2D eigenvalue weighted by molar-refractivity contribution is -0.384. The second-order valence-electron chi connectivity index (χ2n) is 4.48. The Hall–Kier alpha value is -3.34. The number of aromatic hydroxyl groups is 1. The Bertz CT molecular complexity index is 864. The zero-order valence-electron chi connectivity index (χ0n) is 11.7. The van der Waals surface area contributed by atoms with Crippen LogP contribution in [0.3, 0.4) is 0 Å². The molecule has 22 heavy (non-hydrogen) atoms. The number of H-pyrrole nitrogens is 1. The summed E-state index contributed by atoms with van der Waals surface area (Å²) in [7, 11) is 1.25. The van der Waals surface area contributed by atoms with E-state index in [1.165, 1.54) is 13.2 Å². The average Bonchev–Trinajstić information content (AvgIpc) is 2.46. The zero-order chi connectivity index (χ0) is 16.4. The number of hydrogen-bond donors (Lipinski definition) is 2. The molecule has 0 saturated carbocycles. The second-order valence-corrected chi connectivity index (χ2v) is 4.48. The van der Waals surface area contributed by atoms with Crippen molar-refractivity contribution in [3.8, 4) is 28.7 Å². The third-order valence-corrected chi connectivity index (χ3v) is 3.06. The Morgan fingerprint density at radius 2 is 2.05 bits per heavy atom. The monoisotopic (exact) mass is 301 g/mol. The molecule has 0 bridgehead atoms. The second kappa shape index (κ2) is 5.57. The molecule has 1 aromatic carbocycles. The summed E-state index contributed by atoms with van der Waals surface area (Å²) in [5.41, 5.74) is -0.679. The van der Waals surface area contributed by atoms with E-state index >= 15 is 0 Å². The highest BCUT2D eigenvalue weighted by Gasteiger charge is 2.21. The van der Waals surface area contributed by atoms with E-state index in [1.807, 2.05) is 0 Å². The van der Waals surface area contributed by atoms with Gasteiger partial charge in [0.1, 0.15) is 11.6 Å². The van der Waals surface area contributed by atoms with E-state index in [1.54, 1.807) is 13.0 Å². The number of nitrogens with zero attached hydrogens (tertiary/aromatic N) is 2. The van der Waals surface area contributed by atoms with Crippen molar-refractivity contribution in [1.82, 2.24) is 4.98 Å². The predicted molar refractivity (Wildman–Crippen MR) is 76.8 cm³/mol. The van der Waals surface area contributed by atoms with Gasteiger partial charge < -0.3 is 14.8 Å². The van der Waals surface area contributed by atoms with Crippen LogP contribution in [0.4, 0.5) is 5.69 Å². The number of phenolic OH excluding ortho intramolecular Hbond substituents is 1. The van der Waals surface area contributed by atoms with Gasteiger partial charge in [-0.1, -0.05) is 0 Å². The lowest BCUT2D eigenvalue weighted by atomic mass is 9.99. The molecule has 8 nitrogen and oxygen atoms in total. The molecule has 0 saturated heterocycles. The number of pyridine rings is 1. The van der Waals surface area contributed by atoms with Gasteiger partial charge in [-0.25, -0.2) is 0 Å². The van der Waals surface area contributed by atoms with Crippen LogP contribution in [0.1, 0.15) is 11.3 Å². The third kappa shape index (κ3) is 2.47. The molecule has 0 atom stereocenters. The van der Waals surface area contributed by atoms with Crippen molar-refractivity contribution in [2.45, 2.75) is 6.92 Å². The highest BCUT2D eigenvalue weighted by atomic mass is 16.6. The molecule has 0 radical (unpaired) electrons. The van der Waals surface area contributed by atoms with E-state index in [0.717, 1.165) is 12.1 Å². The fraction of sp³-hybridized carbons (Fsp3) is 0.143. The molecule has 0 spiro atoms. The van der Waals surface area contributed by atoms with Gasteiger partial charge in [0, 0.05) is 22.9 Å². The SMILES string of the molecule is COc1cc([N+](=O)[O-])cc(-c2cc(C)[nH]c(=O)c2C#N)c1O. The summed E-state index contributed by atoms with van der Waals surface area (Å²) in [5.74, 6) is -0.499. The summed E-state index contributed by atoms with van der Waals surface area (Å²) in [4.78, 5) is 24.6. The molecule has 0 amide bonds. The number of aryl methyl sites for hydroxylation is 1. The standard InChI is InChI=1S/C14H11N3O5/c1-7-3-9(11(6-15)14(19)16-7)10-4-8(17(20)21)5-12(22-2)13(10)18/h3-5,18H,1-2H3,(H,16,19). The van der Waals surface area contributed by atoms with Crippen molar-refractivity contribution in [2.24, 2.45) is 0 Å². The first-order valence-electron chi connectivity index (χ1n) is 6.08. The maximum Gasteiger partial charge on any atom is 0.274 e. The highest BCUT2D eigenvalue weighted by molar-refractivity contribution is 5.80. The summed E-state index contributed by atoms with van der Waals surface area (Å²) in [6, 6.07) is 5.34. The van der Waals surface area contributed by atoms with Crippen LogP contribution in [0.2, 0.25) is 0 Å². The first kappa shape index (κ1) is 15.1. The van der Waals surface area contributed by atoms with Crippen molar-refractivity contribution >= 4 is 5.69 Å². The van der Waals surface area contributed by atoms with E-state index in [-0.39, 0.29) is 33.9 Å². The number of non-ortho nitro benzene ring substituents is 1. The van der Waals surface area contributed by atoms with Crippen LogP contribution in [0.15, 0.2) is 23.0 Å². The van der Waals surface area contributed by atoms with Crippen molar-refractivity contribution < 1.29 is 14.8 Å². The number of nitriles is 1. The molecule has 0 aliphatic carbocycles. The largest absolute Gasteiger partial charge is 0.504 e. The summed E-state index contributed by atoms with van der Waals surface area (Å²) >= 11 is 0. The number of nitro benzene ring substituents is 1. The number of nitro groups is 1. The van der Waals surface area contributed by atoms with E-state index in [9.17, 15) is 20.0 Å². The van der Waals surface area contributed by atoms with Crippen LogP contribution >= 0.6 is 0 Å². The molecule has 2 rings (SSSR count). The molecule has 8 heteroatoms. The molecule has 2 aromatic rings. The van der Waals surface area contributed by atoms with E-state index < -0.39 is 10.5 Å². The minimum Gasteiger partial charge on any atom is -0.504 e. The lowest BCUT2D eigenvalue weighted by Crippen LogP contribution is -2.12. The number of rotatable bonds is 3. The quantitative estimate of drug-likeness (QED) is 0.657. The molecule has 0 fully saturated rings. The van der Waals surface area contributed by atoms with Gasteiger partial charge in [0.25, 0.3) is 11.2 Å². The van der Waals surface area contributed by atoms with Gasteiger partial charge in [0.05, 0.1) is 18.1 Å². The smallest absolute Gasteiger partial charge is 0.274 e. The Morgan fingerprint density at radius 1 is 1.36 bits per heavy atom. The molecule has 2 N–H and O–H groups in total. The normalized spacial score (nSPS) is 10.0. The minimum atomic E-state index is -0.655. The summed E-state index contributed by atoms with van der Waals surface area (Å²) in [5, 5.41) is 30.3. The van der Waals surface area contributed by atoms with Gasteiger partial charge in [-0.15, -0.1) is 0 Å². The Labute approximate surface area is 124 Å². The number of aromatic amines is 1. The van der Waals surface area contributed by atoms with Gasteiger partial charge in [0.2, 0.25) is 0 Å². The Balaban J connectivity index is 2.89.